The van der Waals surface area contributed by atoms with Crippen LogP contribution in [0, 0.1) is 5.92 Å². The molecule has 2 aromatic rings. The van der Waals surface area contributed by atoms with E-state index in [4.69, 9.17) is 4.74 Å². The van der Waals surface area contributed by atoms with E-state index in [0.29, 0.717) is 13.0 Å². The Hall–Kier alpha value is -2.20. The van der Waals surface area contributed by atoms with Crippen molar-refractivity contribution in [1.29, 1.82) is 0 Å². The van der Waals surface area contributed by atoms with Crippen LogP contribution in [-0.2, 0) is 17.8 Å². The number of nitrogens with zero attached hydrogens (tertiary/aromatic N) is 1. The van der Waals surface area contributed by atoms with Crippen molar-refractivity contribution in [3.8, 4) is 5.75 Å². The zero-order valence-electron chi connectivity index (χ0n) is 15.5. The van der Waals surface area contributed by atoms with E-state index in [1.807, 2.05) is 56.3 Å². The van der Waals surface area contributed by atoms with Crippen molar-refractivity contribution >= 4 is 5.78 Å². The third-order valence-electron chi connectivity index (χ3n) is 3.92. The highest BCUT2D eigenvalue weighted by Gasteiger charge is 2.22. The van der Waals surface area contributed by atoms with E-state index in [9.17, 15) is 4.79 Å². The summed E-state index contributed by atoms with van der Waals surface area (Å²) in [4.78, 5) is 16.7. The first kappa shape index (κ1) is 19.1. The number of hydrogen-bond donors (Lipinski definition) is 1. The van der Waals surface area contributed by atoms with Gasteiger partial charge in [-0.3, -0.25) is 9.78 Å². The topological polar surface area (TPSA) is 51.2 Å². The molecule has 1 aromatic carbocycles. The number of carbonyl (C=O) groups excluding carboxylic acids is 1. The molecular formula is C21H28N2O2. The molecule has 25 heavy (non-hydrogen) atoms. The zero-order valence-corrected chi connectivity index (χ0v) is 15.5. The number of carbonyl (C=O) groups is 1. The molecule has 4 nitrogen and oxygen atoms in total. The monoisotopic (exact) mass is 340 g/mol. The van der Waals surface area contributed by atoms with Crippen molar-refractivity contribution in [1.82, 2.24) is 10.3 Å². The molecule has 1 unspecified atom stereocenters. The highest BCUT2D eigenvalue weighted by atomic mass is 16.5. The molecule has 2 rings (SSSR count). The maximum absolute atomic E-state index is 12.4. The zero-order chi connectivity index (χ0) is 18.2. The lowest BCUT2D eigenvalue weighted by Gasteiger charge is -2.22. The quantitative estimate of drug-likeness (QED) is 0.754. The number of nitrogens with one attached hydrogen (secondary N) is 1. The van der Waals surface area contributed by atoms with Gasteiger partial charge >= 0.3 is 0 Å². The van der Waals surface area contributed by atoms with Crippen LogP contribution >= 0.6 is 0 Å². The van der Waals surface area contributed by atoms with Gasteiger partial charge in [0.25, 0.3) is 0 Å². The lowest BCUT2D eigenvalue weighted by atomic mass is 9.95. The summed E-state index contributed by atoms with van der Waals surface area (Å²) in [6, 6.07) is 13.8. The number of aromatic nitrogens is 1. The van der Waals surface area contributed by atoms with E-state index >= 15 is 0 Å². The average Bonchev–Trinajstić information content (AvgIpc) is 2.60. The summed E-state index contributed by atoms with van der Waals surface area (Å²) < 4.78 is 5.76. The van der Waals surface area contributed by atoms with Crippen LogP contribution in [0.4, 0.5) is 0 Å². The summed E-state index contributed by atoms with van der Waals surface area (Å²) >= 11 is 0. The number of benzene rings is 1. The van der Waals surface area contributed by atoms with Gasteiger partial charge in [-0.1, -0.05) is 45.9 Å². The molecule has 0 aliphatic carbocycles. The Bertz CT molecular complexity index is 651. The lowest BCUT2D eigenvalue weighted by molar-refractivity contribution is -0.124. The van der Waals surface area contributed by atoms with Crippen LogP contribution in [0.1, 0.15) is 39.0 Å². The molecule has 134 valence electrons. The van der Waals surface area contributed by atoms with Gasteiger partial charge in [0, 0.05) is 18.2 Å². The number of pyridine rings is 1. The first-order chi connectivity index (χ1) is 12.0. The minimum absolute atomic E-state index is 0.0252. The highest BCUT2D eigenvalue weighted by molar-refractivity contribution is 5.86. The minimum Gasteiger partial charge on any atom is -0.487 e. The fraction of sp³-hybridized carbons (Fsp3) is 0.429. The number of Topliss-reactive ketones (excluding diaryl/α,β-unsaturated/α-hetero) is 1. The molecule has 1 aromatic heterocycles. The predicted molar refractivity (Wildman–Crippen MR) is 101 cm³/mol. The standard InChI is InChI=1S/C21H28N2O2/c1-15(2)21(24)20(23-16(3)4)13-17-8-10-19(11-9-17)25-14-18-7-5-6-12-22-18/h5-12,15-16,20,23H,13-14H2,1-4H3. The number of rotatable bonds is 9. The maximum Gasteiger partial charge on any atom is 0.152 e. The Labute approximate surface area is 150 Å². The minimum atomic E-state index is -0.153. The summed E-state index contributed by atoms with van der Waals surface area (Å²) in [5.74, 6) is 1.08. The van der Waals surface area contributed by atoms with E-state index in [1.165, 1.54) is 0 Å². The molecule has 0 aliphatic rings. The van der Waals surface area contributed by atoms with Gasteiger partial charge in [0.15, 0.2) is 5.78 Å². The van der Waals surface area contributed by atoms with E-state index in [0.717, 1.165) is 17.0 Å². The van der Waals surface area contributed by atoms with Crippen molar-refractivity contribution in [2.45, 2.75) is 52.8 Å². The maximum atomic E-state index is 12.4. The first-order valence-electron chi connectivity index (χ1n) is 8.87. The summed E-state index contributed by atoms with van der Waals surface area (Å²) in [5, 5.41) is 3.38. The van der Waals surface area contributed by atoms with Crippen molar-refractivity contribution in [2.24, 2.45) is 5.92 Å². The summed E-state index contributed by atoms with van der Waals surface area (Å²) in [6.45, 7) is 8.48. The molecular weight excluding hydrogens is 312 g/mol. The Balaban J connectivity index is 1.96. The smallest absolute Gasteiger partial charge is 0.152 e. The predicted octanol–water partition coefficient (Wildman–Crippen LogP) is 3.79. The number of ketones is 1. The molecule has 0 amide bonds. The molecule has 0 bridgehead atoms. The molecule has 0 saturated carbocycles. The van der Waals surface area contributed by atoms with E-state index in [2.05, 4.69) is 24.1 Å². The molecule has 0 saturated heterocycles. The molecule has 4 heteroatoms. The van der Waals surface area contributed by atoms with Gasteiger partial charge in [0.2, 0.25) is 0 Å². The molecule has 0 fully saturated rings. The van der Waals surface area contributed by atoms with Crippen LogP contribution in [0.15, 0.2) is 48.7 Å². The van der Waals surface area contributed by atoms with Crippen molar-refractivity contribution in [2.75, 3.05) is 0 Å². The third-order valence-corrected chi connectivity index (χ3v) is 3.92. The third kappa shape index (κ3) is 6.31. The van der Waals surface area contributed by atoms with Gasteiger partial charge in [-0.25, -0.2) is 0 Å². The van der Waals surface area contributed by atoms with Gasteiger partial charge in [-0.05, 0) is 36.2 Å². The second kappa shape index (κ2) is 9.33. The molecule has 0 spiro atoms. The summed E-state index contributed by atoms with van der Waals surface area (Å²) in [7, 11) is 0. The van der Waals surface area contributed by atoms with Crippen LogP contribution in [-0.4, -0.2) is 22.9 Å². The van der Waals surface area contributed by atoms with E-state index in [1.54, 1.807) is 6.20 Å². The van der Waals surface area contributed by atoms with E-state index in [-0.39, 0.29) is 23.8 Å². The van der Waals surface area contributed by atoms with Gasteiger partial charge in [0.05, 0.1) is 11.7 Å². The van der Waals surface area contributed by atoms with E-state index < -0.39 is 0 Å². The second-order valence-corrected chi connectivity index (χ2v) is 6.89. The Kier molecular flexibility index (Phi) is 7.14. The van der Waals surface area contributed by atoms with Crippen LogP contribution in [0.25, 0.3) is 0 Å². The van der Waals surface area contributed by atoms with Crippen molar-refractivity contribution < 1.29 is 9.53 Å². The second-order valence-electron chi connectivity index (χ2n) is 6.89. The number of hydrogen-bond acceptors (Lipinski definition) is 4. The van der Waals surface area contributed by atoms with Gasteiger partial charge in [0.1, 0.15) is 12.4 Å². The number of ether oxygens (including phenoxy) is 1. The normalized spacial score (nSPS) is 12.4. The molecule has 1 N–H and O–H groups in total. The summed E-state index contributed by atoms with van der Waals surface area (Å²) in [5.41, 5.74) is 2.02. The average molecular weight is 340 g/mol. The highest BCUT2D eigenvalue weighted by Crippen LogP contribution is 2.16. The molecule has 1 atom stereocenters. The van der Waals surface area contributed by atoms with Crippen LogP contribution in [0.5, 0.6) is 5.75 Å². The van der Waals surface area contributed by atoms with Crippen molar-refractivity contribution in [3.63, 3.8) is 0 Å². The Morgan fingerprint density at radius 2 is 1.80 bits per heavy atom. The first-order valence-corrected chi connectivity index (χ1v) is 8.87. The largest absolute Gasteiger partial charge is 0.487 e. The van der Waals surface area contributed by atoms with Gasteiger partial charge < -0.3 is 10.1 Å². The van der Waals surface area contributed by atoms with Crippen molar-refractivity contribution in [3.05, 3.63) is 59.9 Å². The lowest BCUT2D eigenvalue weighted by Crippen LogP contribution is -2.44. The SMILES string of the molecule is CC(C)NC(Cc1ccc(OCc2ccccn2)cc1)C(=O)C(C)C. The van der Waals surface area contributed by atoms with Crippen LogP contribution in [0.2, 0.25) is 0 Å². The Morgan fingerprint density at radius 1 is 1.08 bits per heavy atom. The van der Waals surface area contributed by atoms with Crippen LogP contribution < -0.4 is 10.1 Å². The van der Waals surface area contributed by atoms with Gasteiger partial charge in [-0.15, -0.1) is 0 Å². The summed E-state index contributed by atoms with van der Waals surface area (Å²) in [6.07, 6.45) is 2.45. The molecule has 1 heterocycles. The molecule has 0 aliphatic heterocycles. The fourth-order valence-electron chi connectivity index (χ4n) is 2.64. The fourth-order valence-corrected chi connectivity index (χ4v) is 2.64. The van der Waals surface area contributed by atoms with Crippen LogP contribution in [0.3, 0.4) is 0 Å². The Morgan fingerprint density at radius 3 is 2.36 bits per heavy atom. The van der Waals surface area contributed by atoms with Gasteiger partial charge in [-0.2, -0.15) is 0 Å². The molecule has 0 radical (unpaired) electrons.